The monoisotopic (exact) mass is 204 g/mol. The molecule has 0 aliphatic carbocycles. The fourth-order valence-electron chi connectivity index (χ4n) is 1.18. The van der Waals surface area contributed by atoms with Crippen LogP contribution in [0.5, 0.6) is 5.75 Å². The molecule has 0 saturated heterocycles. The predicted molar refractivity (Wildman–Crippen MR) is 60.9 cm³/mol. The molecule has 15 heavy (non-hydrogen) atoms. The Morgan fingerprint density at radius 3 is 2.27 bits per heavy atom. The molecule has 0 heterocycles. The van der Waals surface area contributed by atoms with Crippen LogP contribution in [0.25, 0.3) is 0 Å². The van der Waals surface area contributed by atoms with Crippen molar-refractivity contribution in [1.82, 2.24) is 0 Å². The number of benzene rings is 1. The molecule has 0 spiro atoms. The van der Waals surface area contributed by atoms with Crippen LogP contribution in [0.1, 0.15) is 20.8 Å². The van der Waals surface area contributed by atoms with Gasteiger partial charge in [0.2, 0.25) is 0 Å². The number of hydrogen-bond donors (Lipinski definition) is 1. The van der Waals surface area contributed by atoms with Gasteiger partial charge in [-0.1, -0.05) is 0 Å². The van der Waals surface area contributed by atoms with Gasteiger partial charge in [0.05, 0.1) is 12.2 Å². The first kappa shape index (κ1) is 11.4. The minimum absolute atomic E-state index is 0.179. The van der Waals surface area contributed by atoms with Crippen molar-refractivity contribution < 1.29 is 4.74 Å². The molecule has 1 atom stereocenters. The van der Waals surface area contributed by atoms with Gasteiger partial charge in [-0.15, -0.1) is 0 Å². The van der Waals surface area contributed by atoms with E-state index in [4.69, 9.17) is 10.00 Å². The third-order valence-corrected chi connectivity index (χ3v) is 1.80. The predicted octanol–water partition coefficient (Wildman–Crippen LogP) is 2.80. The van der Waals surface area contributed by atoms with Gasteiger partial charge < -0.3 is 10.1 Å². The summed E-state index contributed by atoms with van der Waals surface area (Å²) < 4.78 is 5.51. The lowest BCUT2D eigenvalue weighted by molar-refractivity contribution is 0.242. The fourth-order valence-corrected chi connectivity index (χ4v) is 1.18. The molecule has 3 heteroatoms. The van der Waals surface area contributed by atoms with Crippen molar-refractivity contribution in [3.8, 4) is 11.8 Å². The molecule has 0 aliphatic rings. The Morgan fingerprint density at radius 2 is 1.80 bits per heavy atom. The zero-order valence-electron chi connectivity index (χ0n) is 9.32. The van der Waals surface area contributed by atoms with Crippen molar-refractivity contribution >= 4 is 5.69 Å². The van der Waals surface area contributed by atoms with Gasteiger partial charge in [-0.3, -0.25) is 0 Å². The van der Waals surface area contributed by atoms with E-state index in [-0.39, 0.29) is 12.1 Å². The van der Waals surface area contributed by atoms with Crippen LogP contribution in [0.3, 0.4) is 0 Å². The van der Waals surface area contributed by atoms with E-state index in [9.17, 15) is 0 Å². The number of rotatable bonds is 4. The van der Waals surface area contributed by atoms with Crippen LogP contribution in [0.4, 0.5) is 5.69 Å². The minimum Gasteiger partial charge on any atom is -0.491 e. The van der Waals surface area contributed by atoms with E-state index in [0.29, 0.717) is 0 Å². The zero-order valence-corrected chi connectivity index (χ0v) is 9.32. The molecular formula is C12H16N2O. The maximum absolute atomic E-state index is 8.63. The van der Waals surface area contributed by atoms with E-state index in [0.717, 1.165) is 11.4 Å². The molecular weight excluding hydrogens is 188 g/mol. The first-order valence-electron chi connectivity index (χ1n) is 5.04. The summed E-state index contributed by atoms with van der Waals surface area (Å²) in [6, 6.07) is 9.55. The molecule has 0 saturated carbocycles. The number of nitrogens with zero attached hydrogens (tertiary/aromatic N) is 1. The average molecular weight is 204 g/mol. The van der Waals surface area contributed by atoms with Gasteiger partial charge in [0.15, 0.2) is 0 Å². The summed E-state index contributed by atoms with van der Waals surface area (Å²) in [5, 5.41) is 11.7. The summed E-state index contributed by atoms with van der Waals surface area (Å²) in [7, 11) is 0. The molecule has 0 fully saturated rings. The molecule has 1 unspecified atom stereocenters. The van der Waals surface area contributed by atoms with Crippen LogP contribution in [0.2, 0.25) is 0 Å². The second-order valence-corrected chi connectivity index (χ2v) is 3.69. The highest BCUT2D eigenvalue weighted by atomic mass is 16.5. The van der Waals surface area contributed by atoms with Crippen molar-refractivity contribution in [2.45, 2.75) is 32.9 Å². The van der Waals surface area contributed by atoms with Crippen molar-refractivity contribution in [2.24, 2.45) is 0 Å². The Hall–Kier alpha value is -1.69. The van der Waals surface area contributed by atoms with E-state index < -0.39 is 0 Å². The normalized spacial score (nSPS) is 11.9. The van der Waals surface area contributed by atoms with Crippen LogP contribution >= 0.6 is 0 Å². The van der Waals surface area contributed by atoms with Crippen LogP contribution in [0, 0.1) is 11.3 Å². The molecule has 1 rings (SSSR count). The highest BCUT2D eigenvalue weighted by molar-refractivity contribution is 5.47. The molecule has 0 aliphatic heterocycles. The third kappa shape index (κ3) is 3.90. The van der Waals surface area contributed by atoms with Gasteiger partial charge >= 0.3 is 0 Å². The van der Waals surface area contributed by atoms with Gasteiger partial charge in [0.1, 0.15) is 11.8 Å². The van der Waals surface area contributed by atoms with Crippen molar-refractivity contribution in [2.75, 3.05) is 5.32 Å². The Morgan fingerprint density at radius 1 is 1.20 bits per heavy atom. The van der Waals surface area contributed by atoms with Crippen molar-refractivity contribution in [3.05, 3.63) is 24.3 Å². The van der Waals surface area contributed by atoms with Crippen molar-refractivity contribution in [1.29, 1.82) is 5.26 Å². The summed E-state index contributed by atoms with van der Waals surface area (Å²) in [6.07, 6.45) is 0.182. The topological polar surface area (TPSA) is 45.0 Å². The lowest BCUT2D eigenvalue weighted by Gasteiger charge is -2.11. The summed E-state index contributed by atoms with van der Waals surface area (Å²) in [4.78, 5) is 0. The second-order valence-electron chi connectivity index (χ2n) is 3.69. The Bertz CT molecular complexity index is 338. The molecule has 0 aromatic heterocycles. The number of hydrogen-bond acceptors (Lipinski definition) is 3. The number of nitrogens with one attached hydrogen (secondary N) is 1. The van der Waals surface area contributed by atoms with Gasteiger partial charge in [-0.2, -0.15) is 5.26 Å². The first-order chi connectivity index (χ1) is 7.11. The Kier molecular flexibility index (Phi) is 3.99. The summed E-state index contributed by atoms with van der Waals surface area (Å²) >= 11 is 0. The molecule has 1 aromatic rings. The average Bonchev–Trinajstić information content (AvgIpc) is 2.20. The SMILES string of the molecule is CC(C#N)Nc1ccc(OC(C)C)cc1. The van der Waals surface area contributed by atoms with Gasteiger partial charge in [-0.05, 0) is 45.0 Å². The lowest BCUT2D eigenvalue weighted by atomic mass is 10.2. The highest BCUT2D eigenvalue weighted by Crippen LogP contribution is 2.17. The maximum Gasteiger partial charge on any atom is 0.119 e. The largest absolute Gasteiger partial charge is 0.491 e. The molecule has 3 nitrogen and oxygen atoms in total. The number of anilines is 1. The van der Waals surface area contributed by atoms with E-state index in [1.54, 1.807) is 0 Å². The Labute approximate surface area is 90.7 Å². The maximum atomic E-state index is 8.63. The Balaban J connectivity index is 2.61. The van der Waals surface area contributed by atoms with Gasteiger partial charge in [-0.25, -0.2) is 0 Å². The number of ether oxygens (including phenoxy) is 1. The van der Waals surface area contributed by atoms with Crippen molar-refractivity contribution in [3.63, 3.8) is 0 Å². The van der Waals surface area contributed by atoms with E-state index in [2.05, 4.69) is 11.4 Å². The summed E-state index contributed by atoms with van der Waals surface area (Å²) in [5.74, 6) is 0.847. The van der Waals surface area contributed by atoms with E-state index >= 15 is 0 Å². The molecule has 0 bridgehead atoms. The smallest absolute Gasteiger partial charge is 0.119 e. The second kappa shape index (κ2) is 5.26. The summed E-state index contributed by atoms with van der Waals surface area (Å²) in [6.45, 7) is 5.80. The zero-order chi connectivity index (χ0) is 11.3. The molecule has 1 aromatic carbocycles. The quantitative estimate of drug-likeness (QED) is 0.820. The van der Waals surface area contributed by atoms with Gasteiger partial charge in [0.25, 0.3) is 0 Å². The minimum atomic E-state index is -0.179. The van der Waals surface area contributed by atoms with Crippen LogP contribution in [-0.4, -0.2) is 12.1 Å². The highest BCUT2D eigenvalue weighted by Gasteiger charge is 2.00. The first-order valence-corrected chi connectivity index (χ1v) is 5.04. The van der Waals surface area contributed by atoms with Gasteiger partial charge in [0, 0.05) is 5.69 Å². The van der Waals surface area contributed by atoms with Crippen LogP contribution in [-0.2, 0) is 0 Å². The van der Waals surface area contributed by atoms with E-state index in [1.165, 1.54) is 0 Å². The van der Waals surface area contributed by atoms with E-state index in [1.807, 2.05) is 45.0 Å². The number of nitriles is 1. The van der Waals surface area contributed by atoms with Crippen LogP contribution < -0.4 is 10.1 Å². The fraction of sp³-hybridized carbons (Fsp3) is 0.417. The molecule has 1 N–H and O–H groups in total. The standard InChI is InChI=1S/C12H16N2O/c1-9(2)15-12-6-4-11(5-7-12)14-10(3)8-13/h4-7,9-10,14H,1-3H3. The lowest BCUT2D eigenvalue weighted by Crippen LogP contribution is -2.11. The molecule has 0 radical (unpaired) electrons. The van der Waals surface area contributed by atoms with Crippen LogP contribution in [0.15, 0.2) is 24.3 Å². The molecule has 80 valence electrons. The molecule has 0 amide bonds. The summed E-state index contributed by atoms with van der Waals surface area (Å²) in [5.41, 5.74) is 0.931. The third-order valence-electron chi connectivity index (χ3n) is 1.80.